The lowest BCUT2D eigenvalue weighted by atomic mass is 9.92. The van der Waals surface area contributed by atoms with Crippen LogP contribution in [0.3, 0.4) is 0 Å². The molecule has 138 valence electrons. The molecule has 2 aromatic carbocycles. The van der Waals surface area contributed by atoms with Gasteiger partial charge in [-0.2, -0.15) is 0 Å². The minimum absolute atomic E-state index is 0.287. The van der Waals surface area contributed by atoms with E-state index < -0.39 is 6.09 Å². The third-order valence-corrected chi connectivity index (χ3v) is 4.51. The monoisotopic (exact) mass is 375 g/mol. The average Bonchev–Trinajstić information content (AvgIpc) is 2.67. The quantitative estimate of drug-likeness (QED) is 0.771. The van der Waals surface area contributed by atoms with Crippen molar-refractivity contribution in [1.29, 1.82) is 0 Å². The van der Waals surface area contributed by atoms with Crippen LogP contribution in [-0.2, 0) is 15.9 Å². The lowest BCUT2D eigenvalue weighted by Crippen LogP contribution is -2.27. The average molecular weight is 376 g/mol. The molecule has 0 saturated carbocycles. The second-order valence-electron chi connectivity index (χ2n) is 6.00. The van der Waals surface area contributed by atoms with Crippen molar-refractivity contribution in [2.75, 3.05) is 26.9 Å². The van der Waals surface area contributed by atoms with Crippen LogP contribution in [0.1, 0.15) is 29.2 Å². The van der Waals surface area contributed by atoms with Crippen molar-refractivity contribution in [2.45, 2.75) is 18.9 Å². The first kappa shape index (κ1) is 18.5. The predicted molar refractivity (Wildman–Crippen MR) is 99.9 cm³/mol. The van der Waals surface area contributed by atoms with Gasteiger partial charge in [0, 0.05) is 17.1 Å². The van der Waals surface area contributed by atoms with Gasteiger partial charge in [0.15, 0.2) is 0 Å². The van der Waals surface area contributed by atoms with Crippen molar-refractivity contribution in [3.05, 3.63) is 64.2 Å². The molecule has 0 bridgehead atoms. The number of carbonyl (C=O) groups is 1. The third-order valence-electron chi connectivity index (χ3n) is 4.27. The van der Waals surface area contributed by atoms with Gasteiger partial charge in [-0.05, 0) is 42.2 Å². The molecule has 2 aromatic rings. The molecule has 26 heavy (non-hydrogen) atoms. The van der Waals surface area contributed by atoms with Crippen LogP contribution in [0.25, 0.3) is 0 Å². The summed E-state index contributed by atoms with van der Waals surface area (Å²) < 4.78 is 16.5. The lowest BCUT2D eigenvalue weighted by molar-refractivity contribution is 0.0795. The summed E-state index contributed by atoms with van der Waals surface area (Å²) in [6.45, 7) is 1.44. The van der Waals surface area contributed by atoms with Crippen LogP contribution in [0.2, 0.25) is 5.02 Å². The number of hydrogen-bond donors (Lipinski definition) is 1. The molecule has 3 rings (SSSR count). The summed E-state index contributed by atoms with van der Waals surface area (Å²) in [7, 11) is 1.33. The topological polar surface area (TPSA) is 56.8 Å². The molecule has 1 unspecified atom stereocenters. The summed E-state index contributed by atoms with van der Waals surface area (Å²) >= 11 is 6.19. The van der Waals surface area contributed by atoms with Crippen LogP contribution >= 0.6 is 11.6 Å². The van der Waals surface area contributed by atoms with Gasteiger partial charge in [0.05, 0.1) is 20.3 Å². The smallest absolute Gasteiger partial charge is 0.406 e. The molecule has 0 aromatic heterocycles. The van der Waals surface area contributed by atoms with Crippen LogP contribution in [0.15, 0.2) is 42.5 Å². The lowest BCUT2D eigenvalue weighted by Gasteiger charge is -2.26. The van der Waals surface area contributed by atoms with Gasteiger partial charge in [-0.1, -0.05) is 35.9 Å². The van der Waals surface area contributed by atoms with Crippen molar-refractivity contribution in [2.24, 2.45) is 0 Å². The van der Waals surface area contributed by atoms with Crippen LogP contribution < -0.4 is 10.1 Å². The Morgan fingerprint density at radius 2 is 2.15 bits per heavy atom. The maximum absolute atomic E-state index is 11.2. The molecule has 5 nitrogen and oxygen atoms in total. The molecule has 1 amide bonds. The van der Waals surface area contributed by atoms with E-state index in [0.29, 0.717) is 18.2 Å². The highest BCUT2D eigenvalue weighted by Crippen LogP contribution is 2.36. The van der Waals surface area contributed by atoms with Crippen molar-refractivity contribution >= 4 is 17.7 Å². The van der Waals surface area contributed by atoms with Crippen LogP contribution in [0.4, 0.5) is 4.79 Å². The number of methoxy groups -OCH3 is 1. The largest absolute Gasteiger partial charge is 0.493 e. The normalized spacial score (nSPS) is 14.1. The number of nitrogens with one attached hydrogen (secondary N) is 1. The van der Waals surface area contributed by atoms with E-state index in [0.717, 1.165) is 36.3 Å². The Hall–Kier alpha value is -2.24. The van der Waals surface area contributed by atoms with Gasteiger partial charge in [0.2, 0.25) is 0 Å². The zero-order valence-electron chi connectivity index (χ0n) is 14.7. The van der Waals surface area contributed by atoms with E-state index >= 15 is 0 Å². The number of alkyl carbamates (subject to hydrolysis) is 1. The Bertz CT molecular complexity index is 765. The number of amides is 1. The van der Waals surface area contributed by atoms with E-state index in [2.05, 4.69) is 16.1 Å². The first-order valence-corrected chi connectivity index (χ1v) is 9.00. The van der Waals surface area contributed by atoms with Gasteiger partial charge in [0.25, 0.3) is 0 Å². The van der Waals surface area contributed by atoms with Crippen LogP contribution in [0, 0.1) is 0 Å². The van der Waals surface area contributed by atoms with Crippen molar-refractivity contribution in [3.8, 4) is 5.75 Å². The molecule has 1 aliphatic rings. The van der Waals surface area contributed by atoms with E-state index in [1.807, 2.05) is 36.4 Å². The summed E-state index contributed by atoms with van der Waals surface area (Å²) in [6.07, 6.45) is 1.17. The van der Waals surface area contributed by atoms with E-state index in [9.17, 15) is 4.79 Å². The number of rotatable bonds is 6. The zero-order chi connectivity index (χ0) is 18.4. The Labute approximate surface area is 158 Å². The summed E-state index contributed by atoms with van der Waals surface area (Å²) in [5.74, 6) is 0.914. The number of ether oxygens (including phenoxy) is 3. The highest BCUT2D eigenvalue weighted by molar-refractivity contribution is 6.30. The van der Waals surface area contributed by atoms with Gasteiger partial charge < -0.3 is 19.5 Å². The molecular weight excluding hydrogens is 354 g/mol. The summed E-state index contributed by atoms with van der Waals surface area (Å²) in [6, 6.07) is 13.7. The van der Waals surface area contributed by atoms with Gasteiger partial charge >= 0.3 is 6.09 Å². The van der Waals surface area contributed by atoms with E-state index in [4.69, 9.17) is 21.1 Å². The molecule has 6 heteroatoms. The molecule has 1 atom stereocenters. The van der Waals surface area contributed by atoms with E-state index in [1.54, 1.807) is 0 Å². The molecule has 0 aliphatic carbocycles. The summed E-state index contributed by atoms with van der Waals surface area (Å²) in [4.78, 5) is 11.2. The van der Waals surface area contributed by atoms with Crippen molar-refractivity contribution in [3.63, 3.8) is 0 Å². The van der Waals surface area contributed by atoms with Gasteiger partial charge in [-0.3, -0.25) is 0 Å². The Balaban J connectivity index is 1.85. The molecule has 0 radical (unpaired) electrons. The zero-order valence-corrected chi connectivity index (χ0v) is 15.4. The fraction of sp³-hybridized carbons (Fsp3) is 0.350. The van der Waals surface area contributed by atoms with Crippen molar-refractivity contribution < 1.29 is 19.0 Å². The van der Waals surface area contributed by atoms with Gasteiger partial charge in [-0.25, -0.2) is 4.79 Å². The van der Waals surface area contributed by atoms with Gasteiger partial charge in [-0.15, -0.1) is 0 Å². The first-order valence-electron chi connectivity index (χ1n) is 8.62. The molecule has 1 aliphatic heterocycles. The van der Waals surface area contributed by atoms with Crippen LogP contribution in [0.5, 0.6) is 5.75 Å². The minimum atomic E-state index is -0.474. The second-order valence-corrected chi connectivity index (χ2v) is 6.44. The molecule has 0 fully saturated rings. The molecule has 0 spiro atoms. The SMILES string of the molecule is COC(=O)NCCOC(c1cccc(Cl)c1)c1cccc2c1CCCO2. The molecular formula is C20H22ClNO4. The number of halogens is 1. The summed E-state index contributed by atoms with van der Waals surface area (Å²) in [5, 5.41) is 3.28. The van der Waals surface area contributed by atoms with E-state index in [1.165, 1.54) is 12.7 Å². The highest BCUT2D eigenvalue weighted by atomic mass is 35.5. The number of hydrogen-bond acceptors (Lipinski definition) is 4. The molecule has 1 heterocycles. The maximum atomic E-state index is 11.2. The number of benzene rings is 2. The molecule has 0 saturated heterocycles. The minimum Gasteiger partial charge on any atom is -0.493 e. The van der Waals surface area contributed by atoms with Gasteiger partial charge in [0.1, 0.15) is 11.9 Å². The highest BCUT2D eigenvalue weighted by Gasteiger charge is 2.23. The fourth-order valence-electron chi connectivity index (χ4n) is 3.10. The van der Waals surface area contributed by atoms with E-state index in [-0.39, 0.29) is 6.10 Å². The number of fused-ring (bicyclic) bond motifs is 1. The standard InChI is InChI=1S/C20H22ClNO4/c1-24-20(23)22-10-12-26-19(14-5-2-6-15(21)13-14)17-7-3-9-18-16(17)8-4-11-25-18/h2-3,5-7,9,13,19H,4,8,10-12H2,1H3,(H,22,23). The second kappa shape index (κ2) is 8.92. The Morgan fingerprint density at radius 3 is 2.96 bits per heavy atom. The van der Waals surface area contributed by atoms with Crippen LogP contribution in [-0.4, -0.2) is 33.0 Å². The Morgan fingerprint density at radius 1 is 1.31 bits per heavy atom. The Kier molecular flexibility index (Phi) is 6.36. The number of carbonyl (C=O) groups excluding carboxylic acids is 1. The first-order chi connectivity index (χ1) is 12.7. The van der Waals surface area contributed by atoms with Crippen molar-refractivity contribution in [1.82, 2.24) is 5.32 Å². The third kappa shape index (κ3) is 4.48. The fourth-order valence-corrected chi connectivity index (χ4v) is 3.30. The predicted octanol–water partition coefficient (Wildman–Crippen LogP) is 4.13. The summed E-state index contributed by atoms with van der Waals surface area (Å²) in [5.41, 5.74) is 3.21. The maximum Gasteiger partial charge on any atom is 0.406 e. The molecule has 1 N–H and O–H groups in total.